The van der Waals surface area contributed by atoms with Gasteiger partial charge in [0.2, 0.25) is 0 Å². The molecule has 4 aromatic carbocycles. The summed E-state index contributed by atoms with van der Waals surface area (Å²) in [5.41, 5.74) is 5.06. The van der Waals surface area contributed by atoms with Crippen molar-refractivity contribution in [1.29, 1.82) is 0 Å². The van der Waals surface area contributed by atoms with Crippen LogP contribution in [0.15, 0.2) is 72.8 Å². The number of fused-ring (bicyclic) bond motifs is 4. The fourth-order valence-electron chi connectivity index (χ4n) is 5.11. The van der Waals surface area contributed by atoms with Crippen molar-refractivity contribution in [2.24, 2.45) is 0 Å². The summed E-state index contributed by atoms with van der Waals surface area (Å²) in [6, 6.07) is 22.9. The lowest BCUT2D eigenvalue weighted by Crippen LogP contribution is -2.27. The van der Waals surface area contributed by atoms with E-state index in [0.717, 1.165) is 66.5 Å². The van der Waals surface area contributed by atoms with Gasteiger partial charge in [-0.1, -0.05) is 23.2 Å². The molecule has 0 spiro atoms. The quantitative estimate of drug-likeness (QED) is 0.0799. The van der Waals surface area contributed by atoms with Gasteiger partial charge in [0.25, 0.3) is 0 Å². The Hall–Kier alpha value is -4.12. The maximum atomic E-state index is 6.25. The minimum atomic E-state index is 0.274. The second-order valence-electron chi connectivity index (χ2n) is 10.2. The topological polar surface area (TPSA) is 90.0 Å². The number of aromatic nitrogens is 2. The van der Waals surface area contributed by atoms with Gasteiger partial charge in [-0.15, -0.1) is 0 Å². The van der Waals surface area contributed by atoms with E-state index in [0.29, 0.717) is 23.5 Å². The lowest BCUT2D eigenvalue weighted by molar-refractivity contribution is -0.0215. The molecule has 226 valence electrons. The molecule has 0 fully saturated rings. The van der Waals surface area contributed by atoms with Crippen LogP contribution in [0.2, 0.25) is 10.0 Å². The molecule has 6 aromatic rings. The van der Waals surface area contributed by atoms with Crippen LogP contribution >= 0.6 is 23.2 Å². The summed E-state index contributed by atoms with van der Waals surface area (Å²) in [4.78, 5) is 11.5. The lowest BCUT2D eigenvalue weighted by Gasteiger charge is -2.19. The highest BCUT2D eigenvalue weighted by Gasteiger charge is 2.13. The average molecular weight is 633 g/mol. The number of benzene rings is 4. The van der Waals surface area contributed by atoms with Gasteiger partial charge in [0, 0.05) is 31.6 Å². The highest BCUT2D eigenvalue weighted by molar-refractivity contribution is 6.32. The summed E-state index contributed by atoms with van der Waals surface area (Å²) < 4.78 is 22.8. The third-order valence-electron chi connectivity index (χ3n) is 7.21. The van der Waals surface area contributed by atoms with Crippen LogP contribution in [0.1, 0.15) is 0 Å². The molecule has 0 unspecified atom stereocenters. The van der Waals surface area contributed by atoms with Gasteiger partial charge in [-0.05, 0) is 79.8 Å². The van der Waals surface area contributed by atoms with E-state index < -0.39 is 0 Å². The van der Waals surface area contributed by atoms with Crippen LogP contribution in [0.5, 0.6) is 11.5 Å². The molecule has 0 amide bonds. The van der Waals surface area contributed by atoms with Crippen molar-refractivity contribution < 1.29 is 18.9 Å². The van der Waals surface area contributed by atoms with Crippen molar-refractivity contribution in [3.63, 3.8) is 0 Å². The van der Waals surface area contributed by atoms with Gasteiger partial charge >= 0.3 is 0 Å². The van der Waals surface area contributed by atoms with Gasteiger partial charge < -0.3 is 29.6 Å². The van der Waals surface area contributed by atoms with Gasteiger partial charge in [0.15, 0.2) is 0 Å². The van der Waals surface area contributed by atoms with Crippen molar-refractivity contribution in [2.45, 2.75) is 0 Å². The molecule has 0 aliphatic heterocycles. The summed E-state index contributed by atoms with van der Waals surface area (Å²) in [7, 11) is 5.22. The van der Waals surface area contributed by atoms with Gasteiger partial charge in [0.1, 0.15) is 38.4 Å². The molecule has 0 saturated heterocycles. The number of hydrogen-bond donors (Lipinski definition) is 2. The van der Waals surface area contributed by atoms with Gasteiger partial charge in [0.05, 0.1) is 47.7 Å². The minimum absolute atomic E-state index is 0.274. The van der Waals surface area contributed by atoms with Crippen molar-refractivity contribution in [1.82, 2.24) is 14.9 Å². The number of nitrogens with zero attached hydrogens (tertiary/aromatic N) is 3. The van der Waals surface area contributed by atoms with Crippen LogP contribution in [-0.4, -0.2) is 63.1 Å². The Morgan fingerprint density at radius 1 is 0.591 bits per heavy atom. The molecule has 6 rings (SSSR count). The number of anilines is 2. The highest BCUT2D eigenvalue weighted by atomic mass is 35.5. The first-order valence-electron chi connectivity index (χ1n) is 13.9. The Labute approximate surface area is 264 Å². The first kappa shape index (κ1) is 29.9. The molecule has 11 heteroatoms. The number of rotatable bonds is 12. The zero-order valence-corrected chi connectivity index (χ0v) is 26.0. The zero-order chi connectivity index (χ0) is 30.6. The van der Waals surface area contributed by atoms with E-state index >= 15 is 0 Å². The standard InChI is InChI=1S/C33H31Cl2N5O4/c1-40(18-43-16-36-32-24-8-4-20(34)12-30(24)38-28-10-6-22(41-2)14-26(28)32)19-44-17-37-33-25-9-5-21(35)13-31(25)39-29-11-7-23(42-3)15-27(29)33/h4-15H,16-19H2,1-3H3,(H,36,38)(H,37,39). The molecule has 9 nitrogen and oxygen atoms in total. The third kappa shape index (κ3) is 6.38. The average Bonchev–Trinajstić information content (AvgIpc) is 3.03. The Bertz CT molecular complexity index is 1830. The normalized spacial score (nSPS) is 11.6. The molecule has 0 saturated carbocycles. The molecule has 2 N–H and O–H groups in total. The first-order valence-corrected chi connectivity index (χ1v) is 14.6. The van der Waals surface area contributed by atoms with Crippen LogP contribution in [-0.2, 0) is 9.47 Å². The second-order valence-corrected chi connectivity index (χ2v) is 11.1. The number of methoxy groups -OCH3 is 2. The van der Waals surface area contributed by atoms with Gasteiger partial charge in [-0.2, -0.15) is 0 Å². The maximum absolute atomic E-state index is 6.25. The van der Waals surface area contributed by atoms with Crippen LogP contribution in [0.4, 0.5) is 11.4 Å². The minimum Gasteiger partial charge on any atom is -0.497 e. The van der Waals surface area contributed by atoms with E-state index in [9.17, 15) is 0 Å². The fourth-order valence-corrected chi connectivity index (χ4v) is 5.45. The van der Waals surface area contributed by atoms with Crippen LogP contribution in [0, 0.1) is 0 Å². The van der Waals surface area contributed by atoms with Crippen molar-refractivity contribution in [2.75, 3.05) is 58.8 Å². The summed E-state index contributed by atoms with van der Waals surface area (Å²) >= 11 is 12.5. The molecular formula is C33H31Cl2N5O4. The summed E-state index contributed by atoms with van der Waals surface area (Å²) in [5, 5.41) is 11.9. The van der Waals surface area contributed by atoms with Crippen molar-refractivity contribution >= 4 is 78.2 Å². The Morgan fingerprint density at radius 3 is 1.48 bits per heavy atom. The van der Waals surface area contributed by atoms with E-state index in [4.69, 9.17) is 52.1 Å². The highest BCUT2D eigenvalue weighted by Crippen LogP contribution is 2.35. The Morgan fingerprint density at radius 2 is 1.05 bits per heavy atom. The molecule has 0 radical (unpaired) electrons. The zero-order valence-electron chi connectivity index (χ0n) is 24.5. The van der Waals surface area contributed by atoms with E-state index in [1.807, 2.05) is 84.7 Å². The van der Waals surface area contributed by atoms with Crippen molar-refractivity contribution in [3.8, 4) is 11.5 Å². The lowest BCUT2D eigenvalue weighted by atomic mass is 10.1. The fraction of sp³-hybridized carbons (Fsp3) is 0.212. The molecule has 2 aromatic heterocycles. The van der Waals surface area contributed by atoms with E-state index in [2.05, 4.69) is 10.6 Å². The maximum Gasteiger partial charge on any atom is 0.119 e. The number of hydrogen-bond acceptors (Lipinski definition) is 9. The molecular weight excluding hydrogens is 601 g/mol. The first-order chi connectivity index (χ1) is 21.4. The van der Waals surface area contributed by atoms with Crippen molar-refractivity contribution in [3.05, 3.63) is 82.8 Å². The molecule has 0 aliphatic rings. The smallest absolute Gasteiger partial charge is 0.119 e. The molecule has 0 bridgehead atoms. The number of ether oxygens (including phenoxy) is 4. The van der Waals surface area contributed by atoms with Gasteiger partial charge in [-0.3, -0.25) is 4.90 Å². The Kier molecular flexibility index (Phi) is 9.02. The predicted molar refractivity (Wildman–Crippen MR) is 178 cm³/mol. The number of halogens is 2. The van der Waals surface area contributed by atoms with E-state index in [-0.39, 0.29) is 13.5 Å². The monoisotopic (exact) mass is 631 g/mol. The van der Waals surface area contributed by atoms with E-state index in [1.54, 1.807) is 14.2 Å². The second kappa shape index (κ2) is 13.3. The van der Waals surface area contributed by atoms with Crippen LogP contribution in [0.25, 0.3) is 43.6 Å². The third-order valence-corrected chi connectivity index (χ3v) is 7.68. The molecule has 2 heterocycles. The number of pyridine rings is 2. The largest absolute Gasteiger partial charge is 0.497 e. The predicted octanol–water partition coefficient (Wildman–Crippen LogP) is 7.73. The molecule has 0 aliphatic carbocycles. The van der Waals surface area contributed by atoms with Crippen LogP contribution in [0.3, 0.4) is 0 Å². The molecule has 0 atom stereocenters. The number of nitrogens with one attached hydrogen (secondary N) is 2. The van der Waals surface area contributed by atoms with Crippen LogP contribution < -0.4 is 20.1 Å². The summed E-state index contributed by atoms with van der Waals surface area (Å²) in [5.74, 6) is 1.50. The molecule has 44 heavy (non-hydrogen) atoms. The van der Waals surface area contributed by atoms with E-state index in [1.165, 1.54) is 0 Å². The SMILES string of the molecule is COc1ccc2nc3cc(Cl)ccc3c(NCOCN(C)COCNc3c4ccc(Cl)cc4nc4ccc(OC)cc34)c2c1. The summed E-state index contributed by atoms with van der Waals surface area (Å²) in [6.07, 6.45) is 0. The van der Waals surface area contributed by atoms with Gasteiger partial charge in [-0.25, -0.2) is 9.97 Å². The Balaban J connectivity index is 1.07. The summed E-state index contributed by atoms with van der Waals surface area (Å²) in [6.45, 7) is 1.24.